The average molecular weight is 404 g/mol. The molecule has 1 aliphatic heterocycles. The normalized spacial score (nSPS) is 21.4. The molecule has 0 radical (unpaired) electrons. The molecule has 1 aromatic heterocycles. The van der Waals surface area contributed by atoms with Gasteiger partial charge in [0.25, 0.3) is 0 Å². The van der Waals surface area contributed by atoms with Crippen LogP contribution in [0.15, 0.2) is 60.0 Å². The second-order valence-corrected chi connectivity index (χ2v) is 7.93. The molecule has 1 fully saturated rings. The number of rotatable bonds is 7. The molecule has 7 heteroatoms. The van der Waals surface area contributed by atoms with E-state index >= 15 is 0 Å². The highest BCUT2D eigenvalue weighted by atomic mass is 35.5. The van der Waals surface area contributed by atoms with Crippen LogP contribution in [0.1, 0.15) is 30.6 Å². The summed E-state index contributed by atoms with van der Waals surface area (Å²) in [5.41, 5.74) is 1.18. The fourth-order valence-electron chi connectivity index (χ4n) is 3.23. The van der Waals surface area contributed by atoms with Gasteiger partial charge in [-0.25, -0.2) is 14.1 Å². The molecule has 1 aliphatic rings. The van der Waals surface area contributed by atoms with Crippen LogP contribution in [0.3, 0.4) is 0 Å². The Balaban J connectivity index is 1.70. The van der Waals surface area contributed by atoms with Crippen molar-refractivity contribution in [2.75, 3.05) is 5.75 Å². The van der Waals surface area contributed by atoms with E-state index in [4.69, 9.17) is 16.3 Å². The fraction of sp³-hybridized carbons (Fsp3) is 0.300. The predicted molar refractivity (Wildman–Crippen MR) is 104 cm³/mol. The number of halogens is 2. The number of aromatic nitrogens is 3. The van der Waals surface area contributed by atoms with Crippen LogP contribution in [0, 0.1) is 5.82 Å². The minimum atomic E-state index is -0.645. The fourth-order valence-corrected chi connectivity index (χ4v) is 4.24. The van der Waals surface area contributed by atoms with Crippen LogP contribution >= 0.6 is 23.4 Å². The minimum absolute atomic E-state index is 0.218. The lowest BCUT2D eigenvalue weighted by Gasteiger charge is -2.16. The smallest absolute Gasteiger partial charge is 0.186 e. The summed E-state index contributed by atoms with van der Waals surface area (Å²) in [4.78, 5) is 4.36. The minimum Gasteiger partial charge on any atom is -0.354 e. The van der Waals surface area contributed by atoms with Crippen molar-refractivity contribution in [1.82, 2.24) is 14.8 Å². The van der Waals surface area contributed by atoms with Crippen molar-refractivity contribution >= 4 is 23.4 Å². The van der Waals surface area contributed by atoms with Gasteiger partial charge in [-0.15, -0.1) is 0 Å². The van der Waals surface area contributed by atoms with E-state index in [1.165, 1.54) is 12.1 Å². The maximum Gasteiger partial charge on any atom is 0.186 e. The van der Waals surface area contributed by atoms with E-state index in [9.17, 15) is 4.39 Å². The van der Waals surface area contributed by atoms with Gasteiger partial charge >= 0.3 is 0 Å². The highest BCUT2D eigenvalue weighted by Gasteiger charge is 2.59. The van der Waals surface area contributed by atoms with Crippen molar-refractivity contribution < 1.29 is 9.13 Å². The van der Waals surface area contributed by atoms with E-state index in [1.54, 1.807) is 30.2 Å². The molecule has 1 saturated heterocycles. The van der Waals surface area contributed by atoms with E-state index in [-0.39, 0.29) is 11.9 Å². The number of thioether (sulfide) groups is 1. The topological polar surface area (TPSA) is 43.2 Å². The van der Waals surface area contributed by atoms with Crippen molar-refractivity contribution in [2.45, 2.75) is 36.8 Å². The molecule has 0 unspecified atom stereocenters. The van der Waals surface area contributed by atoms with E-state index in [2.05, 4.69) is 17.0 Å². The number of epoxide rings is 1. The van der Waals surface area contributed by atoms with Gasteiger partial charge in [0.1, 0.15) is 23.8 Å². The third-order valence-electron chi connectivity index (χ3n) is 4.61. The monoisotopic (exact) mass is 403 g/mol. The second kappa shape index (κ2) is 7.62. The summed E-state index contributed by atoms with van der Waals surface area (Å²) in [6.07, 6.45) is 2.40. The van der Waals surface area contributed by atoms with Gasteiger partial charge in [0.15, 0.2) is 5.16 Å². The number of hydrogen-bond acceptors (Lipinski definition) is 4. The maximum absolute atomic E-state index is 13.5. The molecule has 4 rings (SSSR count). The highest BCUT2D eigenvalue weighted by molar-refractivity contribution is 7.99. The summed E-state index contributed by atoms with van der Waals surface area (Å²) in [5, 5.41) is 5.90. The first-order valence-electron chi connectivity index (χ1n) is 8.83. The highest BCUT2D eigenvalue weighted by Crippen LogP contribution is 2.59. The van der Waals surface area contributed by atoms with Crippen molar-refractivity contribution in [3.05, 3.63) is 76.8 Å². The third-order valence-corrected chi connectivity index (χ3v) is 6.15. The van der Waals surface area contributed by atoms with Gasteiger partial charge in [-0.05, 0) is 30.2 Å². The Labute approximate surface area is 166 Å². The lowest BCUT2D eigenvalue weighted by molar-refractivity contribution is 0.256. The molecule has 27 heavy (non-hydrogen) atoms. The number of nitrogens with zero attached hydrogens (tertiary/aromatic N) is 3. The summed E-state index contributed by atoms with van der Waals surface area (Å²) in [5.74, 6) is 0.695. The summed E-state index contributed by atoms with van der Waals surface area (Å²) < 4.78 is 21.6. The summed E-state index contributed by atoms with van der Waals surface area (Å²) in [6, 6.07) is 14.1. The number of benzene rings is 2. The molecule has 0 N–H and O–H groups in total. The summed E-state index contributed by atoms with van der Waals surface area (Å²) >= 11 is 8.07. The zero-order valence-corrected chi connectivity index (χ0v) is 16.4. The summed E-state index contributed by atoms with van der Waals surface area (Å²) in [6.45, 7) is 2.62. The van der Waals surface area contributed by atoms with Gasteiger partial charge in [0, 0.05) is 16.3 Å². The zero-order chi connectivity index (χ0) is 18.9. The van der Waals surface area contributed by atoms with E-state index < -0.39 is 5.60 Å². The van der Waals surface area contributed by atoms with Crippen molar-refractivity contribution in [2.24, 2.45) is 0 Å². The third kappa shape index (κ3) is 3.61. The van der Waals surface area contributed by atoms with Crippen LogP contribution in [0.4, 0.5) is 4.39 Å². The summed E-state index contributed by atoms with van der Waals surface area (Å²) in [7, 11) is 0. The number of hydrogen-bond donors (Lipinski definition) is 0. The SMILES string of the molecule is CCCSc1ncnn1C[C@@]1(c2ccc(F)cc2)O[C@@H]1c1ccccc1Cl. The van der Waals surface area contributed by atoms with Gasteiger partial charge in [-0.2, -0.15) is 5.10 Å². The van der Waals surface area contributed by atoms with Crippen molar-refractivity contribution in [1.29, 1.82) is 0 Å². The Morgan fingerprint density at radius 3 is 2.74 bits per heavy atom. The van der Waals surface area contributed by atoms with Crippen LogP contribution in [-0.4, -0.2) is 20.5 Å². The molecule has 2 aromatic carbocycles. The largest absolute Gasteiger partial charge is 0.354 e. The molecular weight excluding hydrogens is 385 g/mol. The first-order chi connectivity index (χ1) is 13.1. The molecular formula is C20H19ClFN3OS. The lowest BCUT2D eigenvalue weighted by atomic mass is 9.91. The average Bonchev–Trinajstić information content (AvgIpc) is 3.22. The Bertz CT molecular complexity index is 933. The molecule has 140 valence electrons. The standard InChI is InChI=1S/C20H19ClFN3OS/c1-2-11-27-19-23-13-24-25(19)12-20(14-7-9-15(22)10-8-14)18(26-20)16-5-3-4-6-17(16)21/h3-10,13,18H,2,11-12H2,1H3/t18-,20+/m1/s1. The quantitative estimate of drug-likeness (QED) is 0.399. The van der Waals surface area contributed by atoms with E-state index in [1.807, 2.05) is 28.9 Å². The molecule has 3 aromatic rings. The lowest BCUT2D eigenvalue weighted by Crippen LogP contribution is -2.20. The zero-order valence-electron chi connectivity index (χ0n) is 14.8. The van der Waals surface area contributed by atoms with Crippen LogP contribution in [-0.2, 0) is 16.9 Å². The molecule has 0 spiro atoms. The van der Waals surface area contributed by atoms with Crippen LogP contribution in [0.5, 0.6) is 0 Å². The van der Waals surface area contributed by atoms with Crippen LogP contribution in [0.2, 0.25) is 5.02 Å². The molecule has 2 atom stereocenters. The molecule has 0 saturated carbocycles. The van der Waals surface area contributed by atoms with Gasteiger partial charge in [0.05, 0.1) is 6.54 Å². The van der Waals surface area contributed by atoms with Crippen LogP contribution in [0.25, 0.3) is 0 Å². The predicted octanol–water partition coefficient (Wildman–Crippen LogP) is 5.24. The number of ether oxygens (including phenoxy) is 1. The van der Waals surface area contributed by atoms with Crippen LogP contribution < -0.4 is 0 Å². The van der Waals surface area contributed by atoms with Gasteiger partial charge in [-0.1, -0.05) is 60.6 Å². The Morgan fingerprint density at radius 1 is 1.22 bits per heavy atom. The molecule has 2 heterocycles. The molecule has 0 bridgehead atoms. The molecule has 0 aliphatic carbocycles. The van der Waals surface area contributed by atoms with Gasteiger partial charge in [0.2, 0.25) is 0 Å². The van der Waals surface area contributed by atoms with E-state index in [0.717, 1.165) is 28.5 Å². The van der Waals surface area contributed by atoms with E-state index in [0.29, 0.717) is 11.6 Å². The first kappa shape index (κ1) is 18.5. The second-order valence-electron chi connectivity index (χ2n) is 6.46. The molecule has 0 amide bonds. The maximum atomic E-state index is 13.5. The van der Waals surface area contributed by atoms with Gasteiger partial charge < -0.3 is 4.74 Å². The molecule has 4 nitrogen and oxygen atoms in total. The first-order valence-corrected chi connectivity index (χ1v) is 10.2. The van der Waals surface area contributed by atoms with Crippen molar-refractivity contribution in [3.8, 4) is 0 Å². The Hall–Kier alpha value is -1.89. The Morgan fingerprint density at radius 2 is 2.00 bits per heavy atom. The van der Waals surface area contributed by atoms with Gasteiger partial charge in [-0.3, -0.25) is 0 Å². The Kier molecular flexibility index (Phi) is 5.21. The van der Waals surface area contributed by atoms with Crippen molar-refractivity contribution in [3.63, 3.8) is 0 Å².